The Morgan fingerprint density at radius 3 is 2.04 bits per heavy atom. The molecule has 0 amide bonds. The maximum absolute atomic E-state index is 12.9. The summed E-state index contributed by atoms with van der Waals surface area (Å²) in [7, 11) is 2.33. The third-order valence-electron chi connectivity index (χ3n) is 4.14. The number of fused-ring (bicyclic) bond motifs is 1. The van der Waals surface area contributed by atoms with Gasteiger partial charge in [-0.1, -0.05) is 24.3 Å². The molecule has 124 valence electrons. The minimum atomic E-state index is -1.34. The number of benzene rings is 1. The van der Waals surface area contributed by atoms with Gasteiger partial charge in [0.2, 0.25) is 0 Å². The average molecular weight is 330 g/mol. The van der Waals surface area contributed by atoms with Crippen LogP contribution in [0, 0.1) is 5.92 Å². The predicted molar refractivity (Wildman–Crippen MR) is 79.4 cm³/mol. The number of methoxy groups -OCH3 is 2. The molecule has 1 aliphatic heterocycles. The van der Waals surface area contributed by atoms with E-state index in [0.29, 0.717) is 0 Å². The van der Waals surface area contributed by atoms with Gasteiger partial charge in [0.05, 0.1) is 20.8 Å². The van der Waals surface area contributed by atoms with Crippen molar-refractivity contribution in [3.63, 3.8) is 0 Å². The Bertz CT molecular complexity index is 725. The third kappa shape index (κ3) is 2.25. The molecule has 1 aliphatic carbocycles. The maximum atomic E-state index is 12.9. The monoisotopic (exact) mass is 330 g/mol. The van der Waals surface area contributed by atoms with Crippen molar-refractivity contribution < 1.29 is 33.4 Å². The van der Waals surface area contributed by atoms with Crippen molar-refractivity contribution in [1.82, 2.24) is 0 Å². The van der Waals surface area contributed by atoms with Gasteiger partial charge in [0.1, 0.15) is 5.92 Å². The lowest BCUT2D eigenvalue weighted by Crippen LogP contribution is -2.45. The summed E-state index contributed by atoms with van der Waals surface area (Å²) in [6.07, 6.45) is -1.34. The zero-order valence-corrected chi connectivity index (χ0v) is 13.0. The number of esters is 2. The van der Waals surface area contributed by atoms with E-state index in [1.54, 1.807) is 12.1 Å². The lowest BCUT2D eigenvalue weighted by molar-refractivity contribution is -0.157. The lowest BCUT2D eigenvalue weighted by Gasteiger charge is -2.33. The highest BCUT2D eigenvalue weighted by atomic mass is 16.6. The van der Waals surface area contributed by atoms with Crippen molar-refractivity contribution in [1.29, 1.82) is 0 Å². The van der Waals surface area contributed by atoms with Crippen molar-refractivity contribution >= 4 is 23.5 Å². The van der Waals surface area contributed by atoms with Gasteiger partial charge in [-0.05, 0) is 0 Å². The van der Waals surface area contributed by atoms with E-state index in [1.165, 1.54) is 19.2 Å². The smallest absolute Gasteiger partial charge is 0.339 e. The van der Waals surface area contributed by atoms with Gasteiger partial charge in [0.25, 0.3) is 0 Å². The third-order valence-corrected chi connectivity index (χ3v) is 4.14. The Balaban J connectivity index is 2.23. The Labute approximate surface area is 137 Å². The second-order valence-electron chi connectivity index (χ2n) is 5.34. The molecule has 0 saturated heterocycles. The minimum absolute atomic E-state index is 0.0489. The van der Waals surface area contributed by atoms with Gasteiger partial charge in [0, 0.05) is 22.3 Å². The van der Waals surface area contributed by atoms with Gasteiger partial charge < -0.3 is 14.2 Å². The van der Waals surface area contributed by atoms with E-state index in [0.717, 1.165) is 7.11 Å². The van der Waals surface area contributed by atoms with Gasteiger partial charge in [-0.15, -0.1) is 0 Å². The van der Waals surface area contributed by atoms with Gasteiger partial charge in [-0.3, -0.25) is 14.4 Å². The molecule has 0 saturated carbocycles. The Kier molecular flexibility index (Phi) is 4.02. The summed E-state index contributed by atoms with van der Waals surface area (Å²) >= 11 is 0. The summed E-state index contributed by atoms with van der Waals surface area (Å²) in [6, 6.07) is 6.25. The molecule has 7 heteroatoms. The largest absolute Gasteiger partial charge is 0.468 e. The first kappa shape index (κ1) is 16.1. The van der Waals surface area contributed by atoms with E-state index in [9.17, 15) is 19.2 Å². The van der Waals surface area contributed by atoms with Crippen LogP contribution in [0.5, 0.6) is 0 Å². The number of ketones is 2. The SMILES string of the molecule is COC(=O)C1COC(C(=O)OC)C2=C1C(=O)c1ccccc1C2=O. The van der Waals surface area contributed by atoms with Gasteiger partial charge in [-0.2, -0.15) is 0 Å². The fraction of sp³-hybridized carbons (Fsp3) is 0.294. The zero-order chi connectivity index (χ0) is 17.4. The molecule has 24 heavy (non-hydrogen) atoms. The number of hydrogen-bond donors (Lipinski definition) is 0. The van der Waals surface area contributed by atoms with E-state index >= 15 is 0 Å². The number of ether oxygens (including phenoxy) is 3. The molecule has 0 spiro atoms. The Morgan fingerprint density at radius 1 is 0.958 bits per heavy atom. The van der Waals surface area contributed by atoms with E-state index in [1.807, 2.05) is 0 Å². The molecule has 2 aliphatic rings. The van der Waals surface area contributed by atoms with Crippen molar-refractivity contribution in [3.05, 3.63) is 46.5 Å². The molecule has 0 bridgehead atoms. The predicted octanol–water partition coefficient (Wildman–Crippen LogP) is 0.723. The second kappa shape index (κ2) is 6.01. The summed E-state index contributed by atoms with van der Waals surface area (Å²) in [5.41, 5.74) is 0.171. The summed E-state index contributed by atoms with van der Waals surface area (Å²) in [5.74, 6) is -3.56. The molecule has 3 rings (SSSR count). The molecular weight excluding hydrogens is 316 g/mol. The molecule has 0 aromatic heterocycles. The van der Waals surface area contributed by atoms with Crippen LogP contribution in [0.2, 0.25) is 0 Å². The molecule has 0 radical (unpaired) electrons. The zero-order valence-electron chi connectivity index (χ0n) is 13.0. The molecule has 7 nitrogen and oxygen atoms in total. The number of rotatable bonds is 2. The molecular formula is C17H14O7. The van der Waals surface area contributed by atoms with Crippen molar-refractivity contribution in [3.8, 4) is 0 Å². The maximum Gasteiger partial charge on any atom is 0.339 e. The van der Waals surface area contributed by atoms with E-state index in [-0.39, 0.29) is 28.9 Å². The number of hydrogen-bond acceptors (Lipinski definition) is 7. The minimum Gasteiger partial charge on any atom is -0.468 e. The van der Waals surface area contributed by atoms with Crippen LogP contribution >= 0.6 is 0 Å². The molecule has 2 atom stereocenters. The van der Waals surface area contributed by atoms with E-state index in [2.05, 4.69) is 4.74 Å². The Hall–Kier alpha value is -2.80. The lowest BCUT2D eigenvalue weighted by atomic mass is 9.75. The molecule has 1 aromatic carbocycles. The fourth-order valence-electron chi connectivity index (χ4n) is 3.00. The summed E-state index contributed by atoms with van der Waals surface area (Å²) in [6.45, 7) is -0.244. The van der Waals surface area contributed by atoms with Crippen LogP contribution in [-0.4, -0.2) is 50.4 Å². The molecule has 0 N–H and O–H groups in total. The van der Waals surface area contributed by atoms with Crippen LogP contribution < -0.4 is 0 Å². The molecule has 2 unspecified atom stereocenters. The van der Waals surface area contributed by atoms with Crippen LogP contribution in [0.3, 0.4) is 0 Å². The highest BCUT2D eigenvalue weighted by Crippen LogP contribution is 2.37. The highest BCUT2D eigenvalue weighted by molar-refractivity contribution is 6.29. The van der Waals surface area contributed by atoms with Gasteiger partial charge in [0.15, 0.2) is 17.7 Å². The van der Waals surface area contributed by atoms with Gasteiger partial charge in [-0.25, -0.2) is 4.79 Å². The highest BCUT2D eigenvalue weighted by Gasteiger charge is 2.47. The van der Waals surface area contributed by atoms with Crippen LogP contribution in [0.4, 0.5) is 0 Å². The summed E-state index contributed by atoms with van der Waals surface area (Å²) in [4.78, 5) is 49.7. The van der Waals surface area contributed by atoms with Crippen LogP contribution in [0.15, 0.2) is 35.4 Å². The first-order valence-corrected chi connectivity index (χ1v) is 7.21. The van der Waals surface area contributed by atoms with Crippen LogP contribution in [0.25, 0.3) is 0 Å². The molecule has 0 fully saturated rings. The summed E-state index contributed by atoms with van der Waals surface area (Å²) in [5, 5.41) is 0. The van der Waals surface area contributed by atoms with E-state index in [4.69, 9.17) is 9.47 Å². The number of Topliss-reactive ketones (excluding diaryl/α,β-unsaturated/α-hetero) is 2. The Morgan fingerprint density at radius 2 is 1.50 bits per heavy atom. The van der Waals surface area contributed by atoms with Crippen LogP contribution in [0.1, 0.15) is 20.7 Å². The normalized spacial score (nSPS) is 22.6. The number of carbonyl (C=O) groups is 4. The van der Waals surface area contributed by atoms with Crippen molar-refractivity contribution in [2.24, 2.45) is 5.92 Å². The summed E-state index contributed by atoms with van der Waals surface area (Å²) < 4.78 is 14.7. The topological polar surface area (TPSA) is 96.0 Å². The standard InChI is InChI=1S/C17H14O7/c1-22-16(20)10-7-24-15(17(21)23-2)12-11(10)13(18)8-5-3-4-6-9(8)14(12)19/h3-6,10,15H,7H2,1-2H3. The fourth-order valence-corrected chi connectivity index (χ4v) is 3.00. The molecule has 1 heterocycles. The number of carbonyl (C=O) groups excluding carboxylic acids is 4. The second-order valence-corrected chi connectivity index (χ2v) is 5.34. The van der Waals surface area contributed by atoms with Crippen molar-refractivity contribution in [2.75, 3.05) is 20.8 Å². The quantitative estimate of drug-likeness (QED) is 0.737. The first-order valence-electron chi connectivity index (χ1n) is 7.21. The van der Waals surface area contributed by atoms with Crippen LogP contribution in [-0.2, 0) is 23.8 Å². The molecule has 1 aromatic rings. The van der Waals surface area contributed by atoms with Crippen molar-refractivity contribution in [2.45, 2.75) is 6.10 Å². The first-order chi connectivity index (χ1) is 11.5. The average Bonchev–Trinajstić information content (AvgIpc) is 2.63. The van der Waals surface area contributed by atoms with E-state index < -0.39 is 35.5 Å². The van der Waals surface area contributed by atoms with Gasteiger partial charge >= 0.3 is 11.9 Å².